The summed E-state index contributed by atoms with van der Waals surface area (Å²) in [6.45, 7) is 0.985. The fourth-order valence-corrected chi connectivity index (χ4v) is 5.93. The maximum Gasteiger partial charge on any atom is 0.415 e. The van der Waals surface area contributed by atoms with Crippen molar-refractivity contribution in [2.45, 2.75) is 30.5 Å². The number of rotatable bonds is 6. The van der Waals surface area contributed by atoms with Crippen LogP contribution in [0.5, 0.6) is 5.75 Å². The van der Waals surface area contributed by atoms with Crippen LogP contribution in [-0.4, -0.2) is 54.0 Å². The lowest BCUT2D eigenvalue weighted by molar-refractivity contribution is -0.128. The van der Waals surface area contributed by atoms with Gasteiger partial charge in [0, 0.05) is 36.6 Å². The third kappa shape index (κ3) is 5.70. The van der Waals surface area contributed by atoms with Crippen LogP contribution >= 0.6 is 11.6 Å². The van der Waals surface area contributed by atoms with E-state index in [1.807, 2.05) is 24.3 Å². The summed E-state index contributed by atoms with van der Waals surface area (Å²) in [5.41, 5.74) is 1.62. The van der Waals surface area contributed by atoms with Gasteiger partial charge in [-0.05, 0) is 67.1 Å². The van der Waals surface area contributed by atoms with Gasteiger partial charge in [0.1, 0.15) is 11.6 Å². The number of amides is 1. The summed E-state index contributed by atoms with van der Waals surface area (Å²) < 4.78 is 18.9. The van der Waals surface area contributed by atoms with Crippen molar-refractivity contribution in [3.63, 3.8) is 0 Å². The lowest BCUT2D eigenvalue weighted by Gasteiger charge is -2.37. The van der Waals surface area contributed by atoms with Gasteiger partial charge in [0.05, 0.1) is 35.8 Å². The molecule has 4 unspecified atom stereocenters. The highest BCUT2D eigenvalue weighted by Gasteiger charge is 2.49. The number of ketones is 1. The number of nitrogens with zero attached hydrogens (tertiary/aromatic N) is 3. The third-order valence-electron chi connectivity index (χ3n) is 7.80. The molecule has 0 radical (unpaired) electrons. The zero-order valence-corrected chi connectivity index (χ0v) is 22.6. The second-order valence-corrected chi connectivity index (χ2v) is 10.5. The number of pyridine rings is 1. The van der Waals surface area contributed by atoms with Gasteiger partial charge >= 0.3 is 6.09 Å². The maximum absolute atomic E-state index is 14.2. The lowest BCUT2D eigenvalue weighted by atomic mass is 9.74. The number of halogens is 2. The average molecular weight is 562 g/mol. The van der Waals surface area contributed by atoms with E-state index >= 15 is 0 Å². The molecule has 8 nitrogen and oxygen atoms in total. The molecule has 2 N–H and O–H groups in total. The van der Waals surface area contributed by atoms with Crippen LogP contribution in [0.2, 0.25) is 5.02 Å². The molecule has 2 aliphatic heterocycles. The molecule has 3 aromatic rings. The number of carbonyl (C=O) groups excluding carboxylic acids is 2. The zero-order valence-electron chi connectivity index (χ0n) is 21.8. The smallest absolute Gasteiger partial charge is 0.410 e. The molecule has 3 heterocycles. The predicted octanol–water partition coefficient (Wildman–Crippen LogP) is 4.49. The Hall–Kier alpha value is -3.84. The fourth-order valence-electron chi connectivity index (χ4n) is 5.81. The molecule has 206 valence electrons. The molecule has 0 saturated carbocycles. The normalized spacial score (nSPS) is 26.1. The Balaban J connectivity index is 1.44. The summed E-state index contributed by atoms with van der Waals surface area (Å²) in [6, 6.07) is 18.6. The monoisotopic (exact) mass is 561 g/mol. The number of piperidine rings is 1. The largest absolute Gasteiger partial charge is 0.415 e. The molecule has 5 rings (SSSR count). The van der Waals surface area contributed by atoms with E-state index in [4.69, 9.17) is 16.3 Å². The van der Waals surface area contributed by atoms with Crippen molar-refractivity contribution in [1.82, 2.24) is 20.5 Å². The maximum atomic E-state index is 14.2. The topological polar surface area (TPSA) is 107 Å². The van der Waals surface area contributed by atoms with Crippen LogP contribution in [0, 0.1) is 29.0 Å². The Kier molecular flexibility index (Phi) is 8.40. The first kappa shape index (κ1) is 27.7. The van der Waals surface area contributed by atoms with E-state index in [-0.39, 0.29) is 23.5 Å². The van der Waals surface area contributed by atoms with Crippen molar-refractivity contribution >= 4 is 23.5 Å². The van der Waals surface area contributed by atoms with Gasteiger partial charge in [-0.2, -0.15) is 5.26 Å². The van der Waals surface area contributed by atoms with Crippen molar-refractivity contribution in [2.24, 2.45) is 11.8 Å². The number of likely N-dealkylation sites (N-methyl/N-ethyl adjacent to an activating group) is 1. The minimum Gasteiger partial charge on any atom is -0.410 e. The second kappa shape index (κ2) is 12.1. The Morgan fingerprint density at radius 1 is 1.10 bits per heavy atom. The summed E-state index contributed by atoms with van der Waals surface area (Å²) in [5.74, 6) is -1.83. The molecule has 40 heavy (non-hydrogen) atoms. The van der Waals surface area contributed by atoms with E-state index in [1.54, 1.807) is 31.4 Å². The third-order valence-corrected chi connectivity index (χ3v) is 8.06. The molecule has 6 atom stereocenters. The van der Waals surface area contributed by atoms with E-state index < -0.39 is 35.8 Å². The molecule has 2 saturated heterocycles. The summed E-state index contributed by atoms with van der Waals surface area (Å²) in [5, 5.41) is 17.5. The number of hydrogen-bond donors (Lipinski definition) is 2. The number of benzene rings is 2. The average Bonchev–Trinajstić information content (AvgIpc) is 3.43. The Morgan fingerprint density at radius 3 is 2.52 bits per heavy atom. The summed E-state index contributed by atoms with van der Waals surface area (Å²) >= 11 is 6.12. The number of ether oxygens (including phenoxy) is 1. The summed E-state index contributed by atoms with van der Waals surface area (Å²) in [6.07, 6.45) is 1.48. The highest BCUT2D eigenvalue weighted by atomic mass is 35.5. The fraction of sp³-hybridized carbons (Fsp3) is 0.333. The van der Waals surface area contributed by atoms with Crippen LogP contribution in [0.3, 0.4) is 0 Å². The number of hydrogen-bond acceptors (Lipinski definition) is 7. The van der Waals surface area contributed by atoms with Crippen molar-refractivity contribution in [2.75, 3.05) is 20.1 Å². The molecule has 2 aromatic carbocycles. The van der Waals surface area contributed by atoms with E-state index in [2.05, 4.69) is 21.7 Å². The van der Waals surface area contributed by atoms with Gasteiger partial charge in [-0.3, -0.25) is 9.78 Å². The SMILES string of the molecule is CN(C(=O)Oc1ccc(F)cc1)[C@@H]1C(C(=O)C2CCNC(c3ccccn3)C2C#N)NC[C@H]1c1ccc(Cl)cc1. The molecule has 10 heteroatoms. The highest BCUT2D eigenvalue weighted by Crippen LogP contribution is 2.38. The molecule has 0 spiro atoms. The Bertz CT molecular complexity index is 1380. The molecule has 1 aromatic heterocycles. The van der Waals surface area contributed by atoms with Gasteiger partial charge in [0.15, 0.2) is 5.78 Å². The Morgan fingerprint density at radius 2 is 1.85 bits per heavy atom. The number of aromatic nitrogens is 1. The Labute approximate surface area is 237 Å². The van der Waals surface area contributed by atoms with Crippen molar-refractivity contribution in [3.8, 4) is 11.8 Å². The molecule has 2 aliphatic rings. The number of nitrogens with one attached hydrogen (secondary N) is 2. The van der Waals surface area contributed by atoms with E-state index in [0.29, 0.717) is 30.2 Å². The number of carbonyl (C=O) groups is 2. The van der Waals surface area contributed by atoms with Gasteiger partial charge in [0.25, 0.3) is 0 Å². The first-order valence-corrected chi connectivity index (χ1v) is 13.5. The minimum atomic E-state index is -0.741. The standard InChI is InChI=1S/C30H29ClFN5O3/c1-37(30(39)40-21-11-9-20(32)10-12-21)28-24(18-5-7-19(31)8-6-18)17-36-27(28)29(38)22-13-15-35-26(23(22)16-33)25-4-2-3-14-34-25/h2-12,14,22-24,26-28,35-36H,13,15,17H2,1H3/t22?,23?,24-,26?,27?,28-/m0/s1. The molecule has 0 aliphatic carbocycles. The molecular formula is C30H29ClFN5O3. The zero-order chi connectivity index (χ0) is 28.2. The lowest BCUT2D eigenvalue weighted by Crippen LogP contribution is -2.55. The number of nitriles is 1. The number of Topliss-reactive ketones (excluding diaryl/α,β-unsaturated/α-hetero) is 1. The van der Waals surface area contributed by atoms with Crippen LogP contribution in [0.25, 0.3) is 0 Å². The van der Waals surface area contributed by atoms with Crippen LogP contribution in [0.1, 0.15) is 29.6 Å². The van der Waals surface area contributed by atoms with Crippen molar-refractivity contribution in [3.05, 3.63) is 95.0 Å². The van der Waals surface area contributed by atoms with Crippen LogP contribution in [0.15, 0.2) is 72.9 Å². The molecule has 1 amide bonds. The predicted molar refractivity (Wildman–Crippen MR) is 147 cm³/mol. The molecular weight excluding hydrogens is 533 g/mol. The van der Waals surface area contributed by atoms with Crippen LogP contribution < -0.4 is 15.4 Å². The summed E-state index contributed by atoms with van der Waals surface area (Å²) in [7, 11) is 1.59. The highest BCUT2D eigenvalue weighted by molar-refractivity contribution is 6.30. The van der Waals surface area contributed by atoms with Crippen LogP contribution in [-0.2, 0) is 4.79 Å². The van der Waals surface area contributed by atoms with E-state index in [9.17, 15) is 19.2 Å². The minimum absolute atomic E-state index is 0.128. The molecule has 2 fully saturated rings. The van der Waals surface area contributed by atoms with Gasteiger partial charge in [-0.1, -0.05) is 29.8 Å². The first-order valence-electron chi connectivity index (χ1n) is 13.1. The quantitative estimate of drug-likeness (QED) is 0.456. The van der Waals surface area contributed by atoms with Gasteiger partial charge in [-0.25, -0.2) is 9.18 Å². The first-order chi connectivity index (χ1) is 19.4. The summed E-state index contributed by atoms with van der Waals surface area (Å²) in [4.78, 5) is 33.3. The van der Waals surface area contributed by atoms with Crippen molar-refractivity contribution < 1.29 is 18.7 Å². The van der Waals surface area contributed by atoms with E-state index in [0.717, 1.165) is 5.56 Å². The van der Waals surface area contributed by atoms with Gasteiger partial charge < -0.3 is 20.3 Å². The van der Waals surface area contributed by atoms with E-state index in [1.165, 1.54) is 29.2 Å². The van der Waals surface area contributed by atoms with Crippen molar-refractivity contribution in [1.29, 1.82) is 5.26 Å². The van der Waals surface area contributed by atoms with Gasteiger partial charge in [0.2, 0.25) is 0 Å². The van der Waals surface area contributed by atoms with Crippen LogP contribution in [0.4, 0.5) is 9.18 Å². The molecule has 0 bridgehead atoms. The van der Waals surface area contributed by atoms with Gasteiger partial charge in [-0.15, -0.1) is 0 Å². The second-order valence-electron chi connectivity index (χ2n) is 10.1.